The van der Waals surface area contributed by atoms with Gasteiger partial charge in [-0.25, -0.2) is 13.1 Å². The van der Waals surface area contributed by atoms with Gasteiger partial charge in [0.2, 0.25) is 10.0 Å². The van der Waals surface area contributed by atoms with E-state index in [9.17, 15) is 8.42 Å². The number of aryl methyl sites for hydroxylation is 2. The van der Waals surface area contributed by atoms with Gasteiger partial charge in [0.15, 0.2) is 0 Å². The number of hydrogen-bond acceptors (Lipinski definition) is 4. The first-order chi connectivity index (χ1) is 8.81. The van der Waals surface area contributed by atoms with E-state index < -0.39 is 16.1 Å². The summed E-state index contributed by atoms with van der Waals surface area (Å²) in [6.07, 6.45) is 0. The number of aliphatic hydroxyl groups is 1. The van der Waals surface area contributed by atoms with Crippen molar-refractivity contribution in [1.82, 2.24) is 4.72 Å². The summed E-state index contributed by atoms with van der Waals surface area (Å²) in [5, 5.41) is 8.94. The second-order valence-electron chi connectivity index (χ2n) is 4.52. The Morgan fingerprint density at radius 1 is 1.32 bits per heavy atom. The van der Waals surface area contributed by atoms with Gasteiger partial charge in [0.1, 0.15) is 5.75 Å². The minimum Gasteiger partial charge on any atom is -0.494 e. The highest BCUT2D eigenvalue weighted by Crippen LogP contribution is 2.25. The Balaban J connectivity index is 3.17. The lowest BCUT2D eigenvalue weighted by Crippen LogP contribution is -2.35. The molecule has 2 N–H and O–H groups in total. The van der Waals surface area contributed by atoms with E-state index in [-0.39, 0.29) is 11.5 Å². The van der Waals surface area contributed by atoms with Gasteiger partial charge in [-0.05, 0) is 51.0 Å². The maximum atomic E-state index is 12.2. The van der Waals surface area contributed by atoms with Gasteiger partial charge >= 0.3 is 0 Å². The van der Waals surface area contributed by atoms with Crippen molar-refractivity contribution in [3.05, 3.63) is 23.3 Å². The third-order valence-corrected chi connectivity index (χ3v) is 4.42. The largest absolute Gasteiger partial charge is 0.494 e. The molecule has 6 heteroatoms. The molecular formula is C13H21NO4S. The highest BCUT2D eigenvalue weighted by Gasteiger charge is 2.20. The standard InChI is InChI=1S/C13H21NO4S/c1-5-18-12-6-10(3)13(7-9(12)2)19(16,17)14-11(4)8-15/h6-7,11,14-15H,5,8H2,1-4H3/t11-/m0/s1. The van der Waals surface area contributed by atoms with Crippen molar-refractivity contribution in [2.24, 2.45) is 0 Å². The van der Waals surface area contributed by atoms with Crippen molar-refractivity contribution in [1.29, 1.82) is 0 Å². The minimum atomic E-state index is -3.62. The molecule has 0 spiro atoms. The van der Waals surface area contributed by atoms with Crippen molar-refractivity contribution in [2.45, 2.75) is 38.6 Å². The van der Waals surface area contributed by atoms with E-state index in [0.717, 1.165) is 5.56 Å². The van der Waals surface area contributed by atoms with Gasteiger partial charge in [-0.2, -0.15) is 0 Å². The monoisotopic (exact) mass is 287 g/mol. The first kappa shape index (κ1) is 15.9. The molecule has 1 rings (SSSR count). The molecule has 0 amide bonds. The fourth-order valence-corrected chi connectivity index (χ4v) is 3.28. The molecule has 1 aromatic rings. The third-order valence-electron chi connectivity index (χ3n) is 2.69. The zero-order valence-electron chi connectivity index (χ0n) is 11.7. The zero-order valence-corrected chi connectivity index (χ0v) is 12.5. The highest BCUT2D eigenvalue weighted by atomic mass is 32.2. The average molecular weight is 287 g/mol. The van der Waals surface area contributed by atoms with Crippen LogP contribution in [0.4, 0.5) is 0 Å². The highest BCUT2D eigenvalue weighted by molar-refractivity contribution is 7.89. The number of hydrogen-bond donors (Lipinski definition) is 2. The van der Waals surface area contributed by atoms with Crippen LogP contribution in [-0.4, -0.2) is 32.8 Å². The first-order valence-electron chi connectivity index (χ1n) is 6.19. The van der Waals surface area contributed by atoms with E-state index in [1.54, 1.807) is 32.9 Å². The Bertz CT molecular complexity index is 540. The minimum absolute atomic E-state index is 0.216. The second-order valence-corrected chi connectivity index (χ2v) is 6.20. The Morgan fingerprint density at radius 3 is 2.47 bits per heavy atom. The van der Waals surface area contributed by atoms with Crippen LogP contribution in [-0.2, 0) is 10.0 Å². The number of benzene rings is 1. The van der Waals surface area contributed by atoms with E-state index in [4.69, 9.17) is 9.84 Å². The Kier molecular flexibility index (Phi) is 5.34. The van der Waals surface area contributed by atoms with Gasteiger partial charge in [0.05, 0.1) is 18.1 Å². The SMILES string of the molecule is CCOc1cc(C)c(S(=O)(=O)N[C@@H](C)CO)cc1C. The van der Waals surface area contributed by atoms with Crippen molar-refractivity contribution in [2.75, 3.05) is 13.2 Å². The molecular weight excluding hydrogens is 266 g/mol. The normalized spacial score (nSPS) is 13.3. The van der Waals surface area contributed by atoms with Crippen LogP contribution in [0.3, 0.4) is 0 Å². The van der Waals surface area contributed by atoms with Crippen molar-refractivity contribution < 1.29 is 18.3 Å². The molecule has 0 radical (unpaired) electrons. The van der Waals surface area contributed by atoms with Gasteiger partial charge in [0.25, 0.3) is 0 Å². The summed E-state index contributed by atoms with van der Waals surface area (Å²) in [5.74, 6) is 0.689. The lowest BCUT2D eigenvalue weighted by Gasteiger charge is -2.15. The Morgan fingerprint density at radius 2 is 1.95 bits per heavy atom. The van der Waals surface area contributed by atoms with Gasteiger partial charge < -0.3 is 9.84 Å². The van der Waals surface area contributed by atoms with E-state index in [1.807, 2.05) is 6.92 Å². The van der Waals surface area contributed by atoms with Crippen LogP contribution < -0.4 is 9.46 Å². The van der Waals surface area contributed by atoms with Crippen LogP contribution in [0.15, 0.2) is 17.0 Å². The lowest BCUT2D eigenvalue weighted by molar-refractivity contribution is 0.265. The maximum Gasteiger partial charge on any atom is 0.241 e. The molecule has 0 heterocycles. The maximum absolute atomic E-state index is 12.2. The van der Waals surface area contributed by atoms with Gasteiger partial charge in [-0.15, -0.1) is 0 Å². The summed E-state index contributed by atoms with van der Waals surface area (Å²) < 4.78 is 32.2. The summed E-state index contributed by atoms with van der Waals surface area (Å²) >= 11 is 0. The molecule has 5 nitrogen and oxygen atoms in total. The Labute approximate surface area is 114 Å². The molecule has 19 heavy (non-hydrogen) atoms. The van der Waals surface area contributed by atoms with Crippen LogP contribution in [0.5, 0.6) is 5.75 Å². The zero-order chi connectivity index (χ0) is 14.6. The molecule has 0 saturated heterocycles. The molecule has 108 valence electrons. The molecule has 0 aromatic heterocycles. The number of ether oxygens (including phenoxy) is 1. The van der Waals surface area contributed by atoms with Crippen LogP contribution in [0.2, 0.25) is 0 Å². The van der Waals surface area contributed by atoms with Crippen LogP contribution >= 0.6 is 0 Å². The molecule has 1 atom stereocenters. The van der Waals surface area contributed by atoms with E-state index in [0.29, 0.717) is 17.9 Å². The first-order valence-corrected chi connectivity index (χ1v) is 7.67. The summed E-state index contributed by atoms with van der Waals surface area (Å²) in [6, 6.07) is 2.79. The molecule has 0 aliphatic heterocycles. The molecule has 0 fully saturated rings. The van der Waals surface area contributed by atoms with Gasteiger partial charge in [-0.1, -0.05) is 0 Å². The lowest BCUT2D eigenvalue weighted by atomic mass is 10.1. The predicted molar refractivity (Wildman–Crippen MR) is 74.0 cm³/mol. The van der Waals surface area contributed by atoms with E-state index in [1.165, 1.54) is 0 Å². The van der Waals surface area contributed by atoms with Crippen molar-refractivity contribution in [3.63, 3.8) is 0 Å². The van der Waals surface area contributed by atoms with Gasteiger partial charge in [-0.3, -0.25) is 0 Å². The van der Waals surface area contributed by atoms with Crippen LogP contribution in [0, 0.1) is 13.8 Å². The van der Waals surface area contributed by atoms with Crippen LogP contribution in [0.1, 0.15) is 25.0 Å². The molecule has 0 bridgehead atoms. The summed E-state index contributed by atoms with van der Waals surface area (Å²) in [7, 11) is -3.62. The topological polar surface area (TPSA) is 75.6 Å². The summed E-state index contributed by atoms with van der Waals surface area (Å²) in [4.78, 5) is 0.216. The quantitative estimate of drug-likeness (QED) is 0.828. The second kappa shape index (κ2) is 6.36. The van der Waals surface area contributed by atoms with Crippen LogP contribution in [0.25, 0.3) is 0 Å². The number of aliphatic hydroxyl groups excluding tert-OH is 1. The molecule has 1 aromatic carbocycles. The fourth-order valence-electron chi connectivity index (χ4n) is 1.73. The van der Waals surface area contributed by atoms with E-state index in [2.05, 4.69) is 4.72 Å². The third kappa shape index (κ3) is 3.92. The number of nitrogens with one attached hydrogen (secondary N) is 1. The number of sulfonamides is 1. The average Bonchev–Trinajstić information content (AvgIpc) is 2.32. The molecule has 0 aliphatic rings. The Hall–Kier alpha value is -1.11. The van der Waals surface area contributed by atoms with Crippen molar-refractivity contribution in [3.8, 4) is 5.75 Å². The van der Waals surface area contributed by atoms with Gasteiger partial charge in [0, 0.05) is 6.04 Å². The smallest absolute Gasteiger partial charge is 0.241 e. The van der Waals surface area contributed by atoms with Crippen molar-refractivity contribution >= 4 is 10.0 Å². The molecule has 0 unspecified atom stereocenters. The fraction of sp³-hybridized carbons (Fsp3) is 0.538. The molecule has 0 saturated carbocycles. The summed E-state index contributed by atoms with van der Waals surface area (Å²) in [6.45, 7) is 7.30. The van der Waals surface area contributed by atoms with E-state index >= 15 is 0 Å². The summed E-state index contributed by atoms with van der Waals surface area (Å²) in [5.41, 5.74) is 1.39. The molecule has 0 aliphatic carbocycles. The predicted octanol–water partition coefficient (Wildman–Crippen LogP) is 1.36. The number of rotatable bonds is 6.